The molecule has 0 spiro atoms. The Balaban J connectivity index is 1.53. The molecule has 2 aromatic carbocycles. The van der Waals surface area contributed by atoms with E-state index in [2.05, 4.69) is 0 Å². The summed E-state index contributed by atoms with van der Waals surface area (Å²) in [5.74, 6) is 0.994. The standard InChI is InChI=1S/C19H14N2O5S2/c20-17(22)9-24-13-4-1-11(2-5-13)7-16-18(23)21(19(27)28-16)12-3-6-14-15(8-12)26-10-25-14/h1-8H,9-10H2,(H2,20,22)/b16-7-. The van der Waals surface area contributed by atoms with E-state index in [0.29, 0.717) is 32.2 Å². The number of rotatable bonds is 5. The Bertz CT molecular complexity index is 1000. The highest BCUT2D eigenvalue weighted by Gasteiger charge is 2.34. The number of carbonyl (C=O) groups excluding carboxylic acids is 2. The Hall–Kier alpha value is -3.04. The highest BCUT2D eigenvalue weighted by atomic mass is 32.2. The van der Waals surface area contributed by atoms with Crippen molar-refractivity contribution in [2.24, 2.45) is 5.73 Å². The van der Waals surface area contributed by atoms with Crippen LogP contribution in [-0.2, 0) is 9.59 Å². The van der Waals surface area contributed by atoms with Gasteiger partial charge in [-0.25, -0.2) is 0 Å². The first-order valence-corrected chi connectivity index (χ1v) is 9.42. The minimum absolute atomic E-state index is 0.163. The number of nitrogens with zero attached hydrogens (tertiary/aromatic N) is 1. The molecule has 2 amide bonds. The Kier molecular flexibility index (Phi) is 4.93. The number of hydrogen-bond donors (Lipinski definition) is 1. The zero-order valence-electron chi connectivity index (χ0n) is 14.4. The summed E-state index contributed by atoms with van der Waals surface area (Å²) < 4.78 is 16.3. The van der Waals surface area contributed by atoms with E-state index in [1.54, 1.807) is 48.5 Å². The number of ether oxygens (including phenoxy) is 3. The molecule has 1 fully saturated rings. The third-order valence-electron chi connectivity index (χ3n) is 3.97. The fraction of sp³-hybridized carbons (Fsp3) is 0.105. The quantitative estimate of drug-likeness (QED) is 0.594. The van der Waals surface area contributed by atoms with E-state index in [9.17, 15) is 9.59 Å². The monoisotopic (exact) mass is 414 g/mol. The Morgan fingerprint density at radius 1 is 1.21 bits per heavy atom. The van der Waals surface area contributed by atoms with Gasteiger partial charge in [0.05, 0.1) is 10.6 Å². The van der Waals surface area contributed by atoms with E-state index in [0.717, 1.165) is 5.56 Å². The smallest absolute Gasteiger partial charge is 0.270 e. The normalized spacial score (nSPS) is 16.7. The number of primary amides is 1. The van der Waals surface area contributed by atoms with Crippen LogP contribution in [0.2, 0.25) is 0 Å². The maximum absolute atomic E-state index is 12.9. The number of fused-ring (bicyclic) bond motifs is 1. The van der Waals surface area contributed by atoms with Crippen LogP contribution in [-0.4, -0.2) is 29.5 Å². The van der Waals surface area contributed by atoms with Gasteiger partial charge in [-0.1, -0.05) is 36.1 Å². The lowest BCUT2D eigenvalue weighted by molar-refractivity contribution is -0.120. The molecule has 28 heavy (non-hydrogen) atoms. The molecule has 142 valence electrons. The molecule has 2 aromatic rings. The Morgan fingerprint density at radius 3 is 2.71 bits per heavy atom. The second-order valence-corrected chi connectivity index (χ2v) is 7.55. The highest BCUT2D eigenvalue weighted by Crippen LogP contribution is 2.40. The van der Waals surface area contributed by atoms with Crippen LogP contribution in [0, 0.1) is 0 Å². The molecule has 0 saturated carbocycles. The lowest BCUT2D eigenvalue weighted by atomic mass is 10.2. The zero-order chi connectivity index (χ0) is 19.7. The predicted molar refractivity (Wildman–Crippen MR) is 109 cm³/mol. The van der Waals surface area contributed by atoms with Gasteiger partial charge in [-0.15, -0.1) is 0 Å². The van der Waals surface area contributed by atoms with Crippen LogP contribution in [0.5, 0.6) is 17.2 Å². The van der Waals surface area contributed by atoms with E-state index in [1.165, 1.54) is 16.7 Å². The van der Waals surface area contributed by atoms with Gasteiger partial charge < -0.3 is 19.9 Å². The zero-order valence-corrected chi connectivity index (χ0v) is 16.0. The van der Waals surface area contributed by atoms with Gasteiger partial charge in [0.25, 0.3) is 11.8 Å². The second-order valence-electron chi connectivity index (χ2n) is 5.88. The van der Waals surface area contributed by atoms with Crippen LogP contribution >= 0.6 is 24.0 Å². The number of anilines is 1. The maximum atomic E-state index is 12.9. The van der Waals surface area contributed by atoms with Crippen molar-refractivity contribution in [1.82, 2.24) is 0 Å². The van der Waals surface area contributed by atoms with E-state index in [-0.39, 0.29) is 19.3 Å². The first-order chi connectivity index (χ1) is 13.5. The summed E-state index contributed by atoms with van der Waals surface area (Å²) in [4.78, 5) is 25.6. The molecule has 2 N–H and O–H groups in total. The molecule has 2 aliphatic rings. The van der Waals surface area contributed by atoms with Gasteiger partial charge in [-0.3, -0.25) is 14.5 Å². The van der Waals surface area contributed by atoms with Crippen molar-refractivity contribution in [2.75, 3.05) is 18.3 Å². The van der Waals surface area contributed by atoms with Crippen LogP contribution in [0.15, 0.2) is 47.4 Å². The molecule has 1 saturated heterocycles. The fourth-order valence-corrected chi connectivity index (χ4v) is 3.98. The first kappa shape index (κ1) is 18.3. The average Bonchev–Trinajstić information content (AvgIpc) is 3.25. The number of nitrogens with two attached hydrogens (primary N) is 1. The third kappa shape index (κ3) is 3.67. The van der Waals surface area contributed by atoms with E-state index < -0.39 is 5.91 Å². The Labute approximate surface area is 170 Å². The summed E-state index contributed by atoms with van der Waals surface area (Å²) in [6.45, 7) is -0.0240. The number of thiocarbonyl (C=S) groups is 1. The van der Waals surface area contributed by atoms with E-state index in [1.807, 2.05) is 0 Å². The highest BCUT2D eigenvalue weighted by molar-refractivity contribution is 8.27. The molecule has 7 nitrogen and oxygen atoms in total. The number of amides is 2. The van der Waals surface area contributed by atoms with Gasteiger partial charge in [0, 0.05) is 6.07 Å². The number of thioether (sulfide) groups is 1. The van der Waals surface area contributed by atoms with Crippen molar-refractivity contribution in [2.45, 2.75) is 0 Å². The lowest BCUT2D eigenvalue weighted by Crippen LogP contribution is -2.27. The van der Waals surface area contributed by atoms with Crippen LogP contribution < -0.4 is 24.8 Å². The van der Waals surface area contributed by atoms with Gasteiger partial charge >= 0.3 is 0 Å². The summed E-state index contributed by atoms with van der Waals surface area (Å²) in [6, 6.07) is 12.2. The summed E-state index contributed by atoms with van der Waals surface area (Å²) in [5.41, 5.74) is 6.49. The van der Waals surface area contributed by atoms with Crippen LogP contribution in [0.1, 0.15) is 5.56 Å². The molecule has 0 aromatic heterocycles. The molecule has 0 bridgehead atoms. The molecule has 2 aliphatic heterocycles. The molecule has 2 heterocycles. The molecule has 4 rings (SSSR count). The van der Waals surface area contributed by atoms with Crippen LogP contribution in [0.25, 0.3) is 6.08 Å². The topological polar surface area (TPSA) is 91.1 Å². The molecule has 9 heteroatoms. The number of hydrogen-bond acceptors (Lipinski definition) is 7. The van der Waals surface area contributed by atoms with Gasteiger partial charge in [0.15, 0.2) is 22.4 Å². The van der Waals surface area contributed by atoms with Gasteiger partial charge in [0.1, 0.15) is 5.75 Å². The van der Waals surface area contributed by atoms with E-state index in [4.69, 9.17) is 32.2 Å². The average molecular weight is 414 g/mol. The molecule has 0 unspecified atom stereocenters. The van der Waals surface area contributed by atoms with Crippen molar-refractivity contribution >= 4 is 51.9 Å². The van der Waals surface area contributed by atoms with Crippen molar-refractivity contribution in [3.8, 4) is 17.2 Å². The Morgan fingerprint density at radius 2 is 1.96 bits per heavy atom. The summed E-state index contributed by atoms with van der Waals surface area (Å²) in [7, 11) is 0. The largest absolute Gasteiger partial charge is 0.484 e. The fourth-order valence-electron chi connectivity index (χ4n) is 2.68. The SMILES string of the molecule is NC(=O)COc1ccc(/C=C2\SC(=S)N(c3ccc4c(c3)OCO4)C2=O)cc1. The number of carbonyl (C=O) groups is 2. The van der Waals surface area contributed by atoms with E-state index >= 15 is 0 Å². The lowest BCUT2D eigenvalue weighted by Gasteiger charge is -2.14. The molecule has 0 aliphatic carbocycles. The van der Waals surface area contributed by atoms with Crippen molar-refractivity contribution in [3.05, 3.63) is 52.9 Å². The minimum Gasteiger partial charge on any atom is -0.484 e. The van der Waals surface area contributed by atoms with Crippen molar-refractivity contribution < 1.29 is 23.8 Å². The molecule has 0 radical (unpaired) electrons. The molecular weight excluding hydrogens is 400 g/mol. The van der Waals surface area contributed by atoms with Gasteiger partial charge in [-0.2, -0.15) is 0 Å². The molecular formula is C19H14N2O5S2. The van der Waals surface area contributed by atoms with Crippen LogP contribution in [0.4, 0.5) is 5.69 Å². The second kappa shape index (κ2) is 7.53. The maximum Gasteiger partial charge on any atom is 0.270 e. The first-order valence-electron chi connectivity index (χ1n) is 8.20. The van der Waals surface area contributed by atoms with Crippen molar-refractivity contribution in [3.63, 3.8) is 0 Å². The van der Waals surface area contributed by atoms with Crippen LogP contribution in [0.3, 0.4) is 0 Å². The summed E-state index contributed by atoms with van der Waals surface area (Å²) in [6.07, 6.45) is 1.75. The summed E-state index contributed by atoms with van der Waals surface area (Å²) >= 11 is 6.62. The number of benzene rings is 2. The summed E-state index contributed by atoms with van der Waals surface area (Å²) in [5, 5.41) is 0. The predicted octanol–water partition coefficient (Wildman–Crippen LogP) is 2.69. The third-order valence-corrected chi connectivity index (χ3v) is 5.27. The minimum atomic E-state index is -0.545. The molecule has 0 atom stereocenters. The van der Waals surface area contributed by atoms with Crippen molar-refractivity contribution in [1.29, 1.82) is 0 Å². The van der Waals surface area contributed by atoms with Gasteiger partial charge in [-0.05, 0) is 35.9 Å². The van der Waals surface area contributed by atoms with Gasteiger partial charge in [0.2, 0.25) is 6.79 Å².